The predicted molar refractivity (Wildman–Crippen MR) is 73.5 cm³/mol. The molecule has 2 aliphatic carbocycles. The number of nitrogens with one attached hydrogen (secondary N) is 1. The van der Waals surface area contributed by atoms with E-state index in [-0.39, 0.29) is 22.5 Å². The fourth-order valence-electron chi connectivity index (χ4n) is 3.23. The third-order valence-electron chi connectivity index (χ3n) is 4.20. The van der Waals surface area contributed by atoms with E-state index in [4.69, 9.17) is 0 Å². The predicted octanol–water partition coefficient (Wildman–Crippen LogP) is 1.96. The van der Waals surface area contributed by atoms with Gasteiger partial charge >= 0.3 is 5.69 Å². The number of nitrogens with zero attached hydrogens (tertiary/aromatic N) is 1. The largest absolute Gasteiger partial charge is 0.328 e. The van der Waals surface area contributed by atoms with Crippen LogP contribution in [0.25, 0.3) is 0 Å². The molecule has 0 radical (unpaired) electrons. The van der Waals surface area contributed by atoms with Crippen molar-refractivity contribution in [2.24, 2.45) is 0 Å². The van der Waals surface area contributed by atoms with Crippen molar-refractivity contribution in [1.29, 1.82) is 0 Å². The quantitative estimate of drug-likeness (QED) is 0.763. The molecule has 0 aliphatic heterocycles. The first kappa shape index (κ1) is 12.1. The minimum atomic E-state index is -0.244. The molecule has 5 heteroatoms. The molecule has 4 nitrogen and oxygen atoms in total. The van der Waals surface area contributed by atoms with Crippen molar-refractivity contribution in [3.63, 3.8) is 0 Å². The van der Waals surface area contributed by atoms with Crippen molar-refractivity contribution in [1.82, 2.24) is 9.55 Å². The normalized spacial score (nSPS) is 24.2. The lowest BCUT2D eigenvalue weighted by molar-refractivity contribution is 0.335. The molecule has 1 aromatic rings. The number of thiol groups is 1. The van der Waals surface area contributed by atoms with Gasteiger partial charge in [-0.15, -0.1) is 0 Å². The van der Waals surface area contributed by atoms with Gasteiger partial charge in [0.1, 0.15) is 0 Å². The lowest BCUT2D eigenvalue weighted by atomic mass is 9.95. The molecule has 0 aromatic carbocycles. The molecule has 1 N–H and O–H groups in total. The maximum Gasteiger partial charge on any atom is 0.328 e. The van der Waals surface area contributed by atoms with E-state index in [0.717, 1.165) is 49.8 Å². The summed E-state index contributed by atoms with van der Waals surface area (Å²) in [7, 11) is 0. The number of hydrogen-bond acceptors (Lipinski definition) is 3. The summed E-state index contributed by atoms with van der Waals surface area (Å²) >= 11 is 4.41. The Labute approximate surface area is 111 Å². The summed E-state index contributed by atoms with van der Waals surface area (Å²) in [5.41, 5.74) is 1.21. The van der Waals surface area contributed by atoms with E-state index in [0.29, 0.717) is 0 Å². The molecule has 0 bridgehead atoms. The standard InChI is InChI=1S/C13H18N2O2S/c16-12-9-6-7-10(18)11(9)14-13(17)15(12)8-4-2-1-3-5-8/h8,10,18H,1-7H2,(H,14,17)/t10-/m0/s1. The van der Waals surface area contributed by atoms with E-state index in [2.05, 4.69) is 17.6 Å². The monoisotopic (exact) mass is 266 g/mol. The van der Waals surface area contributed by atoms with Crippen molar-refractivity contribution in [3.05, 3.63) is 32.1 Å². The first-order chi connectivity index (χ1) is 8.68. The van der Waals surface area contributed by atoms with Gasteiger partial charge in [0.25, 0.3) is 5.56 Å². The Bertz CT molecular complexity index is 569. The van der Waals surface area contributed by atoms with Crippen LogP contribution in [0.15, 0.2) is 9.59 Å². The summed E-state index contributed by atoms with van der Waals surface area (Å²) in [5.74, 6) is 0. The molecule has 0 unspecified atom stereocenters. The van der Waals surface area contributed by atoms with Gasteiger partial charge in [0.2, 0.25) is 0 Å². The Morgan fingerprint density at radius 3 is 2.56 bits per heavy atom. The van der Waals surface area contributed by atoms with E-state index < -0.39 is 0 Å². The molecule has 0 amide bonds. The van der Waals surface area contributed by atoms with Gasteiger partial charge in [-0.3, -0.25) is 9.36 Å². The van der Waals surface area contributed by atoms with Crippen LogP contribution in [-0.4, -0.2) is 9.55 Å². The summed E-state index contributed by atoms with van der Waals surface area (Å²) in [6.45, 7) is 0. The fourth-order valence-corrected chi connectivity index (χ4v) is 3.58. The molecular weight excluding hydrogens is 248 g/mol. The summed E-state index contributed by atoms with van der Waals surface area (Å²) in [6.07, 6.45) is 6.93. The van der Waals surface area contributed by atoms with Gasteiger partial charge in [0, 0.05) is 22.5 Å². The zero-order chi connectivity index (χ0) is 12.7. The van der Waals surface area contributed by atoms with Crippen molar-refractivity contribution in [3.8, 4) is 0 Å². The smallest absolute Gasteiger partial charge is 0.310 e. The molecule has 0 spiro atoms. The molecule has 1 heterocycles. The average molecular weight is 266 g/mol. The molecule has 1 aromatic heterocycles. The van der Waals surface area contributed by atoms with Gasteiger partial charge in [-0.1, -0.05) is 19.3 Å². The van der Waals surface area contributed by atoms with Gasteiger partial charge < -0.3 is 4.98 Å². The van der Waals surface area contributed by atoms with Gasteiger partial charge in [0.15, 0.2) is 0 Å². The number of hydrogen-bond donors (Lipinski definition) is 2. The molecule has 0 saturated heterocycles. The van der Waals surface area contributed by atoms with Crippen LogP contribution in [0.5, 0.6) is 0 Å². The van der Waals surface area contributed by atoms with Gasteiger partial charge in [-0.05, 0) is 25.7 Å². The summed E-state index contributed by atoms with van der Waals surface area (Å²) in [4.78, 5) is 27.4. The number of H-pyrrole nitrogens is 1. The van der Waals surface area contributed by atoms with Crippen molar-refractivity contribution in [2.45, 2.75) is 56.2 Å². The van der Waals surface area contributed by atoms with Crippen molar-refractivity contribution in [2.75, 3.05) is 0 Å². The zero-order valence-corrected chi connectivity index (χ0v) is 11.2. The van der Waals surface area contributed by atoms with Crippen molar-refractivity contribution >= 4 is 12.6 Å². The summed E-state index contributed by atoms with van der Waals surface area (Å²) < 4.78 is 1.46. The highest BCUT2D eigenvalue weighted by Gasteiger charge is 2.27. The Kier molecular flexibility index (Phi) is 3.09. The molecule has 3 rings (SSSR count). The number of aromatic nitrogens is 2. The molecule has 1 fully saturated rings. The van der Waals surface area contributed by atoms with E-state index in [1.165, 1.54) is 11.0 Å². The van der Waals surface area contributed by atoms with Crippen LogP contribution in [0.2, 0.25) is 0 Å². The Morgan fingerprint density at radius 1 is 1.11 bits per heavy atom. The highest BCUT2D eigenvalue weighted by molar-refractivity contribution is 7.80. The average Bonchev–Trinajstić information content (AvgIpc) is 2.73. The van der Waals surface area contributed by atoms with E-state index in [1.54, 1.807) is 0 Å². The van der Waals surface area contributed by atoms with Crippen LogP contribution in [0, 0.1) is 0 Å². The second kappa shape index (κ2) is 4.61. The van der Waals surface area contributed by atoms with Crippen LogP contribution in [0.4, 0.5) is 0 Å². The Balaban J connectivity index is 2.11. The fraction of sp³-hybridized carbons (Fsp3) is 0.692. The SMILES string of the molecule is O=c1[nH]c2c(c(=O)n1C1CCCCC1)CC[C@@H]2S. The van der Waals surface area contributed by atoms with Gasteiger partial charge in [0.05, 0.1) is 0 Å². The number of rotatable bonds is 1. The second-order valence-corrected chi connectivity index (χ2v) is 5.97. The maximum absolute atomic E-state index is 12.4. The summed E-state index contributed by atoms with van der Waals surface area (Å²) in [5, 5.41) is 0.0152. The topological polar surface area (TPSA) is 54.9 Å². The van der Waals surface area contributed by atoms with Crippen molar-refractivity contribution < 1.29 is 0 Å². The minimum absolute atomic E-state index is 0.0152. The Morgan fingerprint density at radius 2 is 1.83 bits per heavy atom. The molecule has 1 atom stereocenters. The van der Waals surface area contributed by atoms with Crippen LogP contribution in [-0.2, 0) is 6.42 Å². The highest BCUT2D eigenvalue weighted by atomic mass is 32.1. The second-order valence-electron chi connectivity index (χ2n) is 5.34. The van der Waals surface area contributed by atoms with E-state index in [1.807, 2.05) is 0 Å². The number of fused-ring (bicyclic) bond motifs is 1. The van der Waals surface area contributed by atoms with Crippen LogP contribution < -0.4 is 11.2 Å². The molecule has 2 aliphatic rings. The van der Waals surface area contributed by atoms with E-state index in [9.17, 15) is 9.59 Å². The highest BCUT2D eigenvalue weighted by Crippen LogP contribution is 2.32. The number of aromatic amines is 1. The van der Waals surface area contributed by atoms with E-state index >= 15 is 0 Å². The minimum Gasteiger partial charge on any atom is -0.310 e. The van der Waals surface area contributed by atoms with Crippen LogP contribution in [0.3, 0.4) is 0 Å². The first-order valence-corrected chi connectivity index (χ1v) is 7.26. The van der Waals surface area contributed by atoms with Crippen LogP contribution >= 0.6 is 12.6 Å². The Hall–Kier alpha value is -0.970. The zero-order valence-electron chi connectivity index (χ0n) is 10.3. The lowest BCUT2D eigenvalue weighted by Gasteiger charge is -2.23. The third kappa shape index (κ3) is 1.85. The first-order valence-electron chi connectivity index (χ1n) is 6.74. The van der Waals surface area contributed by atoms with Gasteiger partial charge in [-0.2, -0.15) is 12.6 Å². The molecule has 18 heavy (non-hydrogen) atoms. The molecular formula is C13H18N2O2S. The summed E-state index contributed by atoms with van der Waals surface area (Å²) in [6, 6.07) is 0.0965. The maximum atomic E-state index is 12.4. The molecule has 98 valence electrons. The third-order valence-corrected chi connectivity index (χ3v) is 4.72. The lowest BCUT2D eigenvalue weighted by Crippen LogP contribution is -2.40. The molecule has 1 saturated carbocycles. The van der Waals surface area contributed by atoms with Gasteiger partial charge in [-0.25, -0.2) is 4.79 Å². The van der Waals surface area contributed by atoms with Crippen LogP contribution in [0.1, 0.15) is 61.1 Å².